The molecule has 98 valence electrons. The number of ketones is 1. The molecule has 0 unspecified atom stereocenters. The van der Waals surface area contributed by atoms with E-state index in [1.165, 1.54) is 13.0 Å². The molecule has 19 heavy (non-hydrogen) atoms. The first-order valence-electron chi connectivity index (χ1n) is 5.88. The summed E-state index contributed by atoms with van der Waals surface area (Å²) in [6.45, 7) is 1.71. The van der Waals surface area contributed by atoms with Crippen LogP contribution in [0.5, 0.6) is 11.5 Å². The molecule has 2 rings (SSSR count). The SMILES string of the molecule is CC(=O)c1ccc(OCc2ccccc2N)cc1O. The lowest BCUT2D eigenvalue weighted by Gasteiger charge is -2.09. The third kappa shape index (κ3) is 3.04. The maximum atomic E-state index is 11.2. The fraction of sp³-hybridized carbons (Fsp3) is 0.133. The fourth-order valence-corrected chi connectivity index (χ4v) is 1.73. The van der Waals surface area contributed by atoms with Gasteiger partial charge in [0.25, 0.3) is 0 Å². The van der Waals surface area contributed by atoms with Gasteiger partial charge in [-0.15, -0.1) is 0 Å². The van der Waals surface area contributed by atoms with Crippen LogP contribution in [0.2, 0.25) is 0 Å². The van der Waals surface area contributed by atoms with Crippen molar-refractivity contribution in [2.75, 3.05) is 5.73 Å². The molecule has 0 aliphatic heterocycles. The second-order valence-electron chi connectivity index (χ2n) is 4.22. The molecule has 2 aromatic carbocycles. The number of nitrogen functional groups attached to an aromatic ring is 1. The molecule has 0 spiro atoms. The van der Waals surface area contributed by atoms with E-state index in [0.29, 0.717) is 18.0 Å². The number of hydrogen-bond donors (Lipinski definition) is 2. The molecular formula is C15H15NO3. The predicted octanol–water partition coefficient (Wildman–Crippen LogP) is 2.76. The number of hydrogen-bond acceptors (Lipinski definition) is 4. The molecule has 0 atom stereocenters. The number of anilines is 1. The van der Waals surface area contributed by atoms with Crippen molar-refractivity contribution in [3.63, 3.8) is 0 Å². The number of aromatic hydroxyl groups is 1. The number of benzene rings is 2. The zero-order valence-electron chi connectivity index (χ0n) is 10.6. The van der Waals surface area contributed by atoms with E-state index in [9.17, 15) is 9.90 Å². The lowest BCUT2D eigenvalue weighted by atomic mass is 10.1. The number of nitrogens with two attached hydrogens (primary N) is 1. The van der Waals surface area contributed by atoms with Crippen LogP contribution in [-0.2, 0) is 6.61 Å². The van der Waals surface area contributed by atoms with Gasteiger partial charge in [-0.2, -0.15) is 0 Å². The third-order valence-corrected chi connectivity index (χ3v) is 2.80. The summed E-state index contributed by atoms with van der Waals surface area (Å²) in [6.07, 6.45) is 0. The van der Waals surface area contributed by atoms with Crippen LogP contribution >= 0.6 is 0 Å². The van der Waals surface area contributed by atoms with Gasteiger partial charge in [0.2, 0.25) is 0 Å². The molecule has 0 aromatic heterocycles. The Kier molecular flexibility index (Phi) is 3.71. The van der Waals surface area contributed by atoms with Crippen molar-refractivity contribution < 1.29 is 14.6 Å². The van der Waals surface area contributed by atoms with E-state index in [1.54, 1.807) is 18.2 Å². The van der Waals surface area contributed by atoms with Crippen molar-refractivity contribution >= 4 is 11.5 Å². The van der Waals surface area contributed by atoms with Gasteiger partial charge in [-0.3, -0.25) is 4.79 Å². The minimum Gasteiger partial charge on any atom is -0.507 e. The Balaban J connectivity index is 2.11. The highest BCUT2D eigenvalue weighted by Gasteiger charge is 2.08. The van der Waals surface area contributed by atoms with Crippen molar-refractivity contribution in [1.82, 2.24) is 0 Å². The molecule has 0 saturated heterocycles. The highest BCUT2D eigenvalue weighted by atomic mass is 16.5. The normalized spacial score (nSPS) is 10.2. The molecule has 0 radical (unpaired) electrons. The maximum absolute atomic E-state index is 11.2. The highest BCUT2D eigenvalue weighted by Crippen LogP contribution is 2.25. The van der Waals surface area contributed by atoms with Gasteiger partial charge in [0, 0.05) is 17.3 Å². The highest BCUT2D eigenvalue weighted by molar-refractivity contribution is 5.96. The van der Waals surface area contributed by atoms with Gasteiger partial charge in [-0.1, -0.05) is 18.2 Å². The summed E-state index contributed by atoms with van der Waals surface area (Å²) in [5.74, 6) is 0.230. The van der Waals surface area contributed by atoms with E-state index < -0.39 is 0 Å². The van der Waals surface area contributed by atoms with Crippen molar-refractivity contribution in [3.8, 4) is 11.5 Å². The summed E-state index contributed by atoms with van der Waals surface area (Å²) in [6, 6.07) is 12.0. The number of phenols is 1. The summed E-state index contributed by atoms with van der Waals surface area (Å²) in [5.41, 5.74) is 7.62. The van der Waals surface area contributed by atoms with Crippen molar-refractivity contribution in [2.45, 2.75) is 13.5 Å². The number of Topliss-reactive ketones (excluding diaryl/α,β-unsaturated/α-hetero) is 1. The van der Waals surface area contributed by atoms with E-state index in [4.69, 9.17) is 10.5 Å². The lowest BCUT2D eigenvalue weighted by molar-refractivity contribution is 0.101. The van der Waals surface area contributed by atoms with Crippen LogP contribution in [-0.4, -0.2) is 10.9 Å². The summed E-state index contributed by atoms with van der Waals surface area (Å²) in [7, 11) is 0. The van der Waals surface area contributed by atoms with Gasteiger partial charge in [-0.05, 0) is 25.1 Å². The summed E-state index contributed by atoms with van der Waals surface area (Å²) < 4.78 is 5.54. The smallest absolute Gasteiger partial charge is 0.163 e. The zero-order valence-corrected chi connectivity index (χ0v) is 10.6. The zero-order chi connectivity index (χ0) is 13.8. The average molecular weight is 257 g/mol. The number of para-hydroxylation sites is 1. The van der Waals surface area contributed by atoms with E-state index in [0.717, 1.165) is 5.56 Å². The van der Waals surface area contributed by atoms with Crippen LogP contribution in [0, 0.1) is 0 Å². The van der Waals surface area contributed by atoms with Crippen molar-refractivity contribution in [2.24, 2.45) is 0 Å². The maximum Gasteiger partial charge on any atom is 0.163 e. The van der Waals surface area contributed by atoms with Gasteiger partial charge in [0.15, 0.2) is 5.78 Å². The molecule has 4 nitrogen and oxygen atoms in total. The molecule has 0 amide bonds. The average Bonchev–Trinajstić information content (AvgIpc) is 2.37. The third-order valence-electron chi connectivity index (χ3n) is 2.80. The van der Waals surface area contributed by atoms with Crippen LogP contribution in [0.1, 0.15) is 22.8 Å². The van der Waals surface area contributed by atoms with Crippen molar-refractivity contribution in [3.05, 3.63) is 53.6 Å². The molecule has 3 N–H and O–H groups in total. The molecule has 0 heterocycles. The van der Waals surface area contributed by atoms with E-state index in [1.807, 2.05) is 18.2 Å². The Morgan fingerprint density at radius 2 is 2.00 bits per heavy atom. The van der Waals surface area contributed by atoms with Gasteiger partial charge in [-0.25, -0.2) is 0 Å². The van der Waals surface area contributed by atoms with Crippen LogP contribution in [0.3, 0.4) is 0 Å². The molecule has 0 aliphatic rings. The second kappa shape index (κ2) is 5.44. The van der Waals surface area contributed by atoms with E-state index >= 15 is 0 Å². The summed E-state index contributed by atoms with van der Waals surface area (Å²) >= 11 is 0. The van der Waals surface area contributed by atoms with Gasteiger partial charge in [0.05, 0.1) is 5.56 Å². The molecule has 0 fully saturated rings. The first-order chi connectivity index (χ1) is 9.08. The van der Waals surface area contributed by atoms with Crippen LogP contribution in [0.4, 0.5) is 5.69 Å². The minimum atomic E-state index is -0.184. The first-order valence-corrected chi connectivity index (χ1v) is 5.88. The van der Waals surface area contributed by atoms with Crippen LogP contribution in [0.25, 0.3) is 0 Å². The topological polar surface area (TPSA) is 72.5 Å². The van der Waals surface area contributed by atoms with Gasteiger partial charge < -0.3 is 15.6 Å². The Labute approximate surface area is 111 Å². The Morgan fingerprint density at radius 1 is 1.26 bits per heavy atom. The fourth-order valence-electron chi connectivity index (χ4n) is 1.73. The minimum absolute atomic E-state index is 0.0777. The summed E-state index contributed by atoms with van der Waals surface area (Å²) in [4.78, 5) is 11.2. The van der Waals surface area contributed by atoms with Crippen molar-refractivity contribution in [1.29, 1.82) is 0 Å². The molecule has 0 saturated carbocycles. The standard InChI is InChI=1S/C15H15NO3/c1-10(17)13-7-6-12(8-15(13)18)19-9-11-4-2-3-5-14(11)16/h2-8,18H,9,16H2,1H3. The van der Waals surface area contributed by atoms with Gasteiger partial charge in [0.1, 0.15) is 18.1 Å². The second-order valence-corrected chi connectivity index (χ2v) is 4.22. The number of carbonyl (C=O) groups is 1. The first kappa shape index (κ1) is 13.0. The molecule has 0 aliphatic carbocycles. The Bertz CT molecular complexity index is 608. The van der Waals surface area contributed by atoms with Gasteiger partial charge >= 0.3 is 0 Å². The largest absolute Gasteiger partial charge is 0.507 e. The number of ether oxygens (including phenoxy) is 1. The lowest BCUT2D eigenvalue weighted by Crippen LogP contribution is -2.00. The van der Waals surface area contributed by atoms with Crippen LogP contribution in [0.15, 0.2) is 42.5 Å². The molecular weight excluding hydrogens is 242 g/mol. The van der Waals surface area contributed by atoms with E-state index in [-0.39, 0.29) is 17.1 Å². The summed E-state index contributed by atoms with van der Waals surface area (Å²) in [5, 5.41) is 9.69. The molecule has 4 heteroatoms. The van der Waals surface area contributed by atoms with Crippen LogP contribution < -0.4 is 10.5 Å². The monoisotopic (exact) mass is 257 g/mol. The number of rotatable bonds is 4. The number of phenolic OH excluding ortho intramolecular Hbond substituents is 1. The quantitative estimate of drug-likeness (QED) is 0.652. The molecule has 0 bridgehead atoms. The molecule has 2 aromatic rings. The van der Waals surface area contributed by atoms with E-state index in [2.05, 4.69) is 0 Å². The Hall–Kier alpha value is -2.49. The Morgan fingerprint density at radius 3 is 2.63 bits per heavy atom. The number of carbonyl (C=O) groups excluding carboxylic acids is 1. The predicted molar refractivity (Wildman–Crippen MR) is 73.3 cm³/mol.